The Morgan fingerprint density at radius 1 is 1.33 bits per heavy atom. The number of carbonyl (C=O) groups is 1. The molecule has 0 aromatic carbocycles. The molecule has 0 aromatic heterocycles. The van der Waals surface area contributed by atoms with Gasteiger partial charge in [-0.1, -0.05) is 5.11 Å². The zero-order chi connectivity index (χ0) is 14.2. The molecule has 1 amide bonds. The van der Waals surface area contributed by atoms with Crippen LogP contribution < -0.4 is 5.32 Å². The molecule has 7 heteroatoms. The summed E-state index contributed by atoms with van der Waals surface area (Å²) in [6, 6.07) is 0. The Kier molecular flexibility index (Phi) is 6.51. The molecule has 0 bridgehead atoms. The fourth-order valence-electron chi connectivity index (χ4n) is 1.06. The lowest BCUT2D eigenvalue weighted by molar-refractivity contribution is -0.0152. The summed E-state index contributed by atoms with van der Waals surface area (Å²) in [5.41, 5.74) is 7.05. The molecule has 7 nitrogen and oxygen atoms in total. The number of amides is 1. The van der Waals surface area contributed by atoms with Crippen molar-refractivity contribution in [3.8, 4) is 0 Å². The molecular formula is C11H22N4O3. The van der Waals surface area contributed by atoms with Gasteiger partial charge < -0.3 is 14.8 Å². The van der Waals surface area contributed by atoms with Gasteiger partial charge in [-0.15, -0.1) is 0 Å². The van der Waals surface area contributed by atoms with E-state index in [2.05, 4.69) is 15.3 Å². The normalized spacial score (nSPS) is 11.6. The van der Waals surface area contributed by atoms with Crippen LogP contribution in [0.4, 0.5) is 4.79 Å². The molecule has 0 rings (SSSR count). The molecule has 1 N–H and O–H groups in total. The van der Waals surface area contributed by atoms with E-state index >= 15 is 0 Å². The van der Waals surface area contributed by atoms with Gasteiger partial charge in [-0.2, -0.15) is 0 Å². The maximum absolute atomic E-state index is 11.4. The number of ether oxygens (including phenoxy) is 2. The second kappa shape index (κ2) is 7.08. The third kappa shape index (κ3) is 9.74. The Balaban J connectivity index is 3.95. The van der Waals surface area contributed by atoms with Gasteiger partial charge in [0.15, 0.2) is 0 Å². The third-order valence-corrected chi connectivity index (χ3v) is 1.80. The van der Waals surface area contributed by atoms with Gasteiger partial charge in [-0.3, -0.25) is 0 Å². The minimum atomic E-state index is -0.540. The maximum atomic E-state index is 11.4. The van der Waals surface area contributed by atoms with Crippen LogP contribution in [0.15, 0.2) is 5.11 Å². The first-order chi connectivity index (χ1) is 8.16. The van der Waals surface area contributed by atoms with Crippen LogP contribution in [0.1, 0.15) is 34.6 Å². The van der Waals surface area contributed by atoms with Gasteiger partial charge in [0.25, 0.3) is 0 Å². The van der Waals surface area contributed by atoms with Gasteiger partial charge >= 0.3 is 6.09 Å². The predicted molar refractivity (Wildman–Crippen MR) is 68.3 cm³/mol. The van der Waals surface area contributed by atoms with Gasteiger partial charge in [0.05, 0.1) is 12.2 Å². The van der Waals surface area contributed by atoms with Gasteiger partial charge in [0.1, 0.15) is 5.60 Å². The average Bonchev–Trinajstić information content (AvgIpc) is 2.20. The Bertz CT molecular complexity index is 317. The highest BCUT2D eigenvalue weighted by Gasteiger charge is 2.21. The van der Waals surface area contributed by atoms with Crippen molar-refractivity contribution in [1.29, 1.82) is 0 Å². The number of hydrogen-bond donors (Lipinski definition) is 1. The van der Waals surface area contributed by atoms with E-state index in [0.717, 1.165) is 0 Å². The lowest BCUT2D eigenvalue weighted by Crippen LogP contribution is -2.42. The van der Waals surface area contributed by atoms with E-state index in [-0.39, 0.29) is 6.54 Å². The first-order valence-corrected chi connectivity index (χ1v) is 5.78. The van der Waals surface area contributed by atoms with Crippen LogP contribution in [0.2, 0.25) is 0 Å². The largest absolute Gasteiger partial charge is 0.444 e. The van der Waals surface area contributed by atoms with Crippen molar-refractivity contribution in [3.05, 3.63) is 10.4 Å². The number of rotatable bonds is 6. The van der Waals surface area contributed by atoms with Crippen molar-refractivity contribution in [2.45, 2.75) is 45.8 Å². The number of alkyl carbamates (subject to hydrolysis) is 1. The van der Waals surface area contributed by atoms with Crippen molar-refractivity contribution in [3.63, 3.8) is 0 Å². The van der Waals surface area contributed by atoms with Crippen LogP contribution >= 0.6 is 0 Å². The molecular weight excluding hydrogens is 236 g/mol. The van der Waals surface area contributed by atoms with Crippen molar-refractivity contribution in [1.82, 2.24) is 5.32 Å². The molecule has 0 aliphatic rings. The van der Waals surface area contributed by atoms with Crippen molar-refractivity contribution in [2.24, 2.45) is 5.11 Å². The van der Waals surface area contributed by atoms with E-state index < -0.39 is 17.3 Å². The highest BCUT2D eigenvalue weighted by molar-refractivity contribution is 5.67. The maximum Gasteiger partial charge on any atom is 0.407 e. The molecule has 0 heterocycles. The van der Waals surface area contributed by atoms with Gasteiger partial charge in [0, 0.05) is 18.0 Å². The molecule has 0 aliphatic heterocycles. The van der Waals surface area contributed by atoms with E-state index in [1.165, 1.54) is 0 Å². The summed E-state index contributed by atoms with van der Waals surface area (Å²) in [7, 11) is 0. The summed E-state index contributed by atoms with van der Waals surface area (Å²) in [4.78, 5) is 14.1. The third-order valence-electron chi connectivity index (χ3n) is 1.80. The monoisotopic (exact) mass is 258 g/mol. The van der Waals surface area contributed by atoms with Gasteiger partial charge in [-0.25, -0.2) is 4.79 Å². The van der Waals surface area contributed by atoms with E-state index in [0.29, 0.717) is 13.2 Å². The minimum Gasteiger partial charge on any atom is -0.444 e. The van der Waals surface area contributed by atoms with Crippen molar-refractivity contribution < 1.29 is 14.3 Å². The molecule has 0 radical (unpaired) electrons. The number of nitrogens with one attached hydrogen (secondary N) is 1. The predicted octanol–water partition coefficient (Wildman–Crippen LogP) is 2.62. The molecule has 0 saturated carbocycles. The molecule has 0 aliphatic carbocycles. The summed E-state index contributed by atoms with van der Waals surface area (Å²) in [6.45, 7) is 9.97. The highest BCUT2D eigenvalue weighted by atomic mass is 16.6. The van der Waals surface area contributed by atoms with E-state index in [4.69, 9.17) is 15.0 Å². The summed E-state index contributed by atoms with van der Waals surface area (Å²) >= 11 is 0. The molecule has 0 fully saturated rings. The van der Waals surface area contributed by atoms with Crippen LogP contribution in [0.5, 0.6) is 0 Å². The summed E-state index contributed by atoms with van der Waals surface area (Å²) < 4.78 is 10.6. The van der Waals surface area contributed by atoms with Crippen LogP contribution in [0.25, 0.3) is 10.4 Å². The fraction of sp³-hybridized carbons (Fsp3) is 0.909. The molecule has 0 unspecified atom stereocenters. The molecule has 104 valence electrons. The van der Waals surface area contributed by atoms with Crippen LogP contribution in [-0.4, -0.2) is 37.0 Å². The summed E-state index contributed by atoms with van der Waals surface area (Å²) in [6.07, 6.45) is -0.478. The molecule has 0 aromatic rings. The smallest absolute Gasteiger partial charge is 0.407 e. The molecule has 18 heavy (non-hydrogen) atoms. The first kappa shape index (κ1) is 16.5. The quantitative estimate of drug-likeness (QED) is 0.343. The molecule has 0 spiro atoms. The Morgan fingerprint density at radius 3 is 2.44 bits per heavy atom. The Labute approximate surface area is 107 Å². The Morgan fingerprint density at radius 2 is 1.94 bits per heavy atom. The topological polar surface area (TPSA) is 96.3 Å². The molecule has 0 saturated heterocycles. The standard InChI is InChI=1S/C11H22N4O3/c1-10(2,3)18-9(16)13-8-11(4,5)17-7-6-14-15-12/h6-8H2,1-5H3,(H,13,16). The number of azide groups is 1. The number of hydrogen-bond acceptors (Lipinski definition) is 4. The minimum absolute atomic E-state index is 0.270. The lowest BCUT2D eigenvalue weighted by atomic mass is 10.1. The van der Waals surface area contributed by atoms with Crippen LogP contribution in [-0.2, 0) is 9.47 Å². The SMILES string of the molecule is CC(C)(C)OC(=O)NCC(C)(C)OCCN=[N+]=[N-]. The Hall–Kier alpha value is -1.46. The van der Waals surface area contributed by atoms with Crippen molar-refractivity contribution >= 4 is 6.09 Å². The van der Waals surface area contributed by atoms with Gasteiger partial charge in [0.2, 0.25) is 0 Å². The summed E-state index contributed by atoms with van der Waals surface area (Å²) in [5, 5.41) is 5.99. The molecule has 0 atom stereocenters. The van der Waals surface area contributed by atoms with E-state index in [9.17, 15) is 4.79 Å². The summed E-state index contributed by atoms with van der Waals surface area (Å²) in [5.74, 6) is 0. The average molecular weight is 258 g/mol. The fourth-order valence-corrected chi connectivity index (χ4v) is 1.06. The van der Waals surface area contributed by atoms with E-state index in [1.54, 1.807) is 20.8 Å². The van der Waals surface area contributed by atoms with Crippen LogP contribution in [0.3, 0.4) is 0 Å². The van der Waals surface area contributed by atoms with Crippen molar-refractivity contribution in [2.75, 3.05) is 19.7 Å². The number of carbonyl (C=O) groups excluding carboxylic acids is 1. The lowest BCUT2D eigenvalue weighted by Gasteiger charge is -2.26. The highest BCUT2D eigenvalue weighted by Crippen LogP contribution is 2.09. The van der Waals surface area contributed by atoms with E-state index in [1.807, 2.05) is 13.8 Å². The number of nitrogens with zero attached hydrogens (tertiary/aromatic N) is 3. The zero-order valence-electron chi connectivity index (χ0n) is 11.7. The first-order valence-electron chi connectivity index (χ1n) is 5.78. The second-order valence-electron chi connectivity index (χ2n) is 5.42. The van der Waals surface area contributed by atoms with Gasteiger partial charge in [-0.05, 0) is 40.1 Å². The second-order valence-corrected chi connectivity index (χ2v) is 5.42. The zero-order valence-corrected chi connectivity index (χ0v) is 11.7. The van der Waals surface area contributed by atoms with Crippen LogP contribution in [0, 0.1) is 0 Å².